The van der Waals surface area contributed by atoms with E-state index in [1.54, 1.807) is 7.11 Å². The lowest BCUT2D eigenvalue weighted by atomic mass is 10.0. The molecule has 0 radical (unpaired) electrons. The molecule has 23 heavy (non-hydrogen) atoms. The van der Waals surface area contributed by atoms with Crippen molar-refractivity contribution in [2.45, 2.75) is 25.8 Å². The highest BCUT2D eigenvalue weighted by Gasteiger charge is 2.31. The van der Waals surface area contributed by atoms with Crippen LogP contribution in [0.4, 0.5) is 5.69 Å². The number of anilines is 1. The summed E-state index contributed by atoms with van der Waals surface area (Å²) in [6.45, 7) is 5.31. The lowest BCUT2D eigenvalue weighted by Gasteiger charge is -2.28. The largest absolute Gasteiger partial charge is 0.383 e. The van der Waals surface area contributed by atoms with Gasteiger partial charge in [-0.3, -0.25) is 4.79 Å². The van der Waals surface area contributed by atoms with Crippen molar-refractivity contribution in [2.75, 3.05) is 45.3 Å². The van der Waals surface area contributed by atoms with Crippen molar-refractivity contribution in [1.29, 1.82) is 0 Å². The van der Waals surface area contributed by atoms with E-state index in [9.17, 15) is 4.79 Å². The molecule has 0 spiro atoms. The van der Waals surface area contributed by atoms with Crippen molar-refractivity contribution < 1.29 is 14.3 Å². The van der Waals surface area contributed by atoms with Gasteiger partial charge in [0, 0.05) is 31.5 Å². The first-order valence-electron chi connectivity index (χ1n) is 8.43. The summed E-state index contributed by atoms with van der Waals surface area (Å²) in [5.41, 5.74) is 2.84. The number of nitrogens with one attached hydrogen (secondary N) is 1. The Morgan fingerprint density at radius 3 is 2.78 bits per heavy atom. The zero-order valence-electron chi connectivity index (χ0n) is 14.0. The Morgan fingerprint density at radius 1 is 1.39 bits per heavy atom. The summed E-state index contributed by atoms with van der Waals surface area (Å²) in [4.78, 5) is 14.6. The molecule has 0 unspecified atom stereocenters. The van der Waals surface area contributed by atoms with Crippen molar-refractivity contribution in [1.82, 2.24) is 4.90 Å². The minimum atomic E-state index is 0.101. The molecule has 1 aromatic carbocycles. The highest BCUT2D eigenvalue weighted by molar-refractivity contribution is 5.97. The molecule has 2 fully saturated rings. The van der Waals surface area contributed by atoms with Crippen LogP contribution in [0.15, 0.2) is 18.2 Å². The van der Waals surface area contributed by atoms with Crippen LogP contribution < -0.4 is 5.32 Å². The molecule has 126 valence electrons. The summed E-state index contributed by atoms with van der Waals surface area (Å²) in [5, 5.41) is 3.59. The number of carbonyl (C=O) groups excluding carboxylic acids is 1. The Balaban J connectivity index is 1.75. The number of ether oxygens (including phenoxy) is 2. The number of morpholine rings is 1. The third-order valence-electron chi connectivity index (χ3n) is 4.74. The van der Waals surface area contributed by atoms with Gasteiger partial charge in [-0.25, -0.2) is 0 Å². The van der Waals surface area contributed by atoms with Crippen LogP contribution in [0.25, 0.3) is 0 Å². The predicted octanol–water partition coefficient (Wildman–Crippen LogP) is 2.30. The lowest BCUT2D eigenvalue weighted by molar-refractivity contribution is 0.0302. The predicted molar refractivity (Wildman–Crippen MR) is 89.9 cm³/mol. The van der Waals surface area contributed by atoms with E-state index in [4.69, 9.17) is 9.47 Å². The number of carbonyl (C=O) groups is 1. The topological polar surface area (TPSA) is 50.8 Å². The first-order chi connectivity index (χ1) is 11.2. The van der Waals surface area contributed by atoms with E-state index in [0.29, 0.717) is 44.9 Å². The van der Waals surface area contributed by atoms with Crippen molar-refractivity contribution in [3.05, 3.63) is 29.3 Å². The number of benzene rings is 1. The molecule has 1 aromatic rings. The van der Waals surface area contributed by atoms with Gasteiger partial charge < -0.3 is 19.7 Å². The first kappa shape index (κ1) is 16.3. The van der Waals surface area contributed by atoms with Crippen molar-refractivity contribution in [3.8, 4) is 0 Å². The number of amides is 1. The van der Waals surface area contributed by atoms with Crippen molar-refractivity contribution >= 4 is 11.6 Å². The summed E-state index contributed by atoms with van der Waals surface area (Å²) in [5.74, 6) is 0.789. The van der Waals surface area contributed by atoms with Crippen LogP contribution in [0.5, 0.6) is 0 Å². The van der Waals surface area contributed by atoms with Gasteiger partial charge in [0.05, 0.1) is 25.9 Å². The molecule has 5 nitrogen and oxygen atoms in total. The molecule has 1 N–H and O–H groups in total. The van der Waals surface area contributed by atoms with Gasteiger partial charge in [0.1, 0.15) is 0 Å². The van der Waals surface area contributed by atoms with Gasteiger partial charge in [-0.05, 0) is 43.4 Å². The smallest absolute Gasteiger partial charge is 0.254 e. The minimum Gasteiger partial charge on any atom is -0.383 e. The second-order valence-corrected chi connectivity index (χ2v) is 6.43. The molecule has 3 rings (SSSR count). The Kier molecular flexibility index (Phi) is 5.18. The van der Waals surface area contributed by atoms with E-state index in [-0.39, 0.29) is 5.91 Å². The van der Waals surface area contributed by atoms with Crippen LogP contribution >= 0.6 is 0 Å². The Morgan fingerprint density at radius 2 is 2.13 bits per heavy atom. The fraction of sp³-hybridized carbons (Fsp3) is 0.611. The Bertz CT molecular complexity index is 551. The van der Waals surface area contributed by atoms with E-state index in [2.05, 4.69) is 11.4 Å². The van der Waals surface area contributed by atoms with Crippen molar-refractivity contribution in [3.63, 3.8) is 0 Å². The number of hydrogen-bond donors (Lipinski definition) is 1. The average Bonchev–Trinajstić information content (AvgIpc) is 3.41. The van der Waals surface area contributed by atoms with Gasteiger partial charge in [0.15, 0.2) is 0 Å². The van der Waals surface area contributed by atoms with Gasteiger partial charge in [0.2, 0.25) is 0 Å². The molecule has 0 bridgehead atoms. The maximum absolute atomic E-state index is 12.7. The maximum Gasteiger partial charge on any atom is 0.254 e. The summed E-state index contributed by atoms with van der Waals surface area (Å²) in [6.07, 6.45) is 2.51. The molecule has 1 atom stereocenters. The Hall–Kier alpha value is -1.59. The van der Waals surface area contributed by atoms with E-state index >= 15 is 0 Å². The zero-order chi connectivity index (χ0) is 16.2. The van der Waals surface area contributed by atoms with Crippen molar-refractivity contribution in [2.24, 2.45) is 5.92 Å². The van der Waals surface area contributed by atoms with Gasteiger partial charge in [-0.2, -0.15) is 0 Å². The molecule has 0 aromatic heterocycles. The molecule has 1 amide bonds. The van der Waals surface area contributed by atoms with Gasteiger partial charge in [-0.15, -0.1) is 0 Å². The molecular weight excluding hydrogens is 292 g/mol. The van der Waals surface area contributed by atoms with E-state index in [1.807, 2.05) is 24.0 Å². The minimum absolute atomic E-state index is 0.101. The summed E-state index contributed by atoms with van der Waals surface area (Å²) < 4.78 is 10.7. The van der Waals surface area contributed by atoms with Crippen LogP contribution in [0.1, 0.15) is 28.8 Å². The molecule has 5 heteroatoms. The average molecular weight is 318 g/mol. The third-order valence-corrected chi connectivity index (χ3v) is 4.74. The SMILES string of the molecule is COC[C@@H](Nc1cccc(C(=O)N2CCOCC2)c1C)C1CC1. The first-order valence-corrected chi connectivity index (χ1v) is 8.43. The molecule has 1 saturated heterocycles. The monoisotopic (exact) mass is 318 g/mol. The van der Waals surface area contributed by atoms with Crippen LogP contribution in [0.2, 0.25) is 0 Å². The van der Waals surface area contributed by atoms with E-state index in [0.717, 1.165) is 16.8 Å². The van der Waals surface area contributed by atoms with Crippen LogP contribution in [-0.4, -0.2) is 56.9 Å². The van der Waals surface area contributed by atoms with E-state index in [1.165, 1.54) is 12.8 Å². The second kappa shape index (κ2) is 7.32. The van der Waals surface area contributed by atoms with Crippen LogP contribution in [0, 0.1) is 12.8 Å². The molecule has 1 aliphatic heterocycles. The molecule has 1 aliphatic carbocycles. The number of methoxy groups -OCH3 is 1. The molecule has 2 aliphatic rings. The lowest BCUT2D eigenvalue weighted by Crippen LogP contribution is -2.41. The quantitative estimate of drug-likeness (QED) is 0.874. The second-order valence-electron chi connectivity index (χ2n) is 6.43. The summed E-state index contributed by atoms with van der Waals surface area (Å²) >= 11 is 0. The van der Waals surface area contributed by atoms with Gasteiger partial charge in [-0.1, -0.05) is 6.07 Å². The Labute approximate surface area is 137 Å². The fourth-order valence-corrected chi connectivity index (χ4v) is 3.13. The van der Waals surface area contributed by atoms with E-state index < -0.39 is 0 Å². The standard InChI is InChI=1S/C18H26N2O3/c1-13-15(18(21)20-8-10-23-11-9-20)4-3-5-16(13)19-17(12-22-2)14-6-7-14/h3-5,14,17,19H,6-12H2,1-2H3/t17-/m1/s1. The molecular formula is C18H26N2O3. The highest BCUT2D eigenvalue weighted by Crippen LogP contribution is 2.35. The molecule has 1 saturated carbocycles. The maximum atomic E-state index is 12.7. The summed E-state index contributed by atoms with van der Waals surface area (Å²) in [7, 11) is 1.74. The number of nitrogens with zero attached hydrogens (tertiary/aromatic N) is 1. The summed E-state index contributed by atoms with van der Waals surface area (Å²) in [6, 6.07) is 6.25. The number of rotatable bonds is 6. The third kappa shape index (κ3) is 3.85. The van der Waals surface area contributed by atoms with Crippen LogP contribution in [-0.2, 0) is 9.47 Å². The fourth-order valence-electron chi connectivity index (χ4n) is 3.13. The highest BCUT2D eigenvalue weighted by atomic mass is 16.5. The van der Waals surface area contributed by atoms with Gasteiger partial charge >= 0.3 is 0 Å². The normalized spacial score (nSPS) is 19.5. The van der Waals surface area contributed by atoms with Crippen LogP contribution in [0.3, 0.4) is 0 Å². The van der Waals surface area contributed by atoms with Gasteiger partial charge in [0.25, 0.3) is 5.91 Å². The molecule has 1 heterocycles. The zero-order valence-corrected chi connectivity index (χ0v) is 14.0. The number of hydrogen-bond acceptors (Lipinski definition) is 4.